The first-order valence-electron chi connectivity index (χ1n) is 6.34. The van der Waals surface area contributed by atoms with Crippen molar-refractivity contribution >= 4 is 46.7 Å². The molecule has 4 heteroatoms. The van der Waals surface area contributed by atoms with Gasteiger partial charge in [0, 0.05) is 28.1 Å². The molecular weight excluding hydrogens is 295 g/mol. The van der Waals surface area contributed by atoms with E-state index in [0.717, 1.165) is 14.8 Å². The molecule has 0 nitrogen and oxygen atoms in total. The maximum absolute atomic E-state index is 2.52. The predicted molar refractivity (Wildman–Crippen MR) is 94.9 cm³/mol. The summed E-state index contributed by atoms with van der Waals surface area (Å²) in [6.07, 6.45) is 3.65. The van der Waals surface area contributed by atoms with E-state index >= 15 is 0 Å². The van der Waals surface area contributed by atoms with Gasteiger partial charge in [0.15, 0.2) is 4.32 Å². The Morgan fingerprint density at radius 1 is 1.11 bits per heavy atom. The molecule has 1 fully saturated rings. The van der Waals surface area contributed by atoms with Gasteiger partial charge in [-0.3, -0.25) is 0 Å². The van der Waals surface area contributed by atoms with Gasteiger partial charge in [-0.2, -0.15) is 0 Å². The van der Waals surface area contributed by atoms with Crippen LogP contribution in [0, 0.1) is 0 Å². The van der Waals surface area contributed by atoms with E-state index in [-0.39, 0.29) is 0 Å². The molecular formula is C14H22PS3+. The Balaban J connectivity index is 2.26. The third-order valence-corrected chi connectivity index (χ3v) is 16.3. The molecule has 0 amide bonds. The molecule has 1 heterocycles. The molecule has 1 aliphatic heterocycles. The summed E-state index contributed by atoms with van der Waals surface area (Å²) < 4.78 is 0.758. The molecule has 1 aromatic rings. The van der Waals surface area contributed by atoms with E-state index in [1.54, 1.807) is 5.30 Å². The van der Waals surface area contributed by atoms with Gasteiger partial charge in [-0.15, -0.1) is 23.5 Å². The molecule has 0 spiro atoms. The summed E-state index contributed by atoms with van der Waals surface area (Å²) in [5.41, 5.74) is 0. The summed E-state index contributed by atoms with van der Waals surface area (Å²) in [6.45, 7) is 6.19. The zero-order valence-electron chi connectivity index (χ0n) is 11.5. The molecule has 1 aromatic carbocycles. The normalized spacial score (nSPS) is 31.9. The Labute approximate surface area is 125 Å². The van der Waals surface area contributed by atoms with E-state index in [1.807, 2.05) is 0 Å². The topological polar surface area (TPSA) is 0 Å². The van der Waals surface area contributed by atoms with Crippen LogP contribution < -0.4 is 5.30 Å². The van der Waals surface area contributed by atoms with Crippen molar-refractivity contribution in [2.75, 3.05) is 12.9 Å². The van der Waals surface area contributed by atoms with Gasteiger partial charge in [0.2, 0.25) is 0 Å². The van der Waals surface area contributed by atoms with E-state index < -0.39 is 6.46 Å². The van der Waals surface area contributed by atoms with E-state index in [2.05, 4.69) is 92.0 Å². The van der Waals surface area contributed by atoms with E-state index in [4.69, 9.17) is 0 Å². The van der Waals surface area contributed by atoms with Crippen molar-refractivity contribution in [3.63, 3.8) is 0 Å². The highest BCUT2D eigenvalue weighted by molar-refractivity contribution is 8.68. The molecule has 0 bridgehead atoms. The van der Waals surface area contributed by atoms with Gasteiger partial charge in [-0.25, -0.2) is 0 Å². The lowest BCUT2D eigenvalue weighted by molar-refractivity contribution is 0.797. The fourth-order valence-electron chi connectivity index (χ4n) is 2.28. The van der Waals surface area contributed by atoms with Gasteiger partial charge < -0.3 is 0 Å². The number of rotatable bonds is 3. The molecule has 1 aliphatic rings. The van der Waals surface area contributed by atoms with Crippen molar-refractivity contribution in [1.29, 1.82) is 0 Å². The highest BCUT2D eigenvalue weighted by Gasteiger charge is 2.48. The third kappa shape index (κ3) is 3.23. The Morgan fingerprint density at radius 3 is 2.17 bits per heavy atom. The molecule has 0 radical (unpaired) electrons. The lowest BCUT2D eigenvalue weighted by Crippen LogP contribution is -2.24. The van der Waals surface area contributed by atoms with Crippen LogP contribution in [0.25, 0.3) is 0 Å². The van der Waals surface area contributed by atoms with Gasteiger partial charge in [-0.05, 0) is 18.6 Å². The second-order valence-electron chi connectivity index (χ2n) is 4.94. The summed E-state index contributed by atoms with van der Waals surface area (Å²) in [4.78, 5) is 0. The first kappa shape index (κ1) is 15.1. The second kappa shape index (κ2) is 6.43. The van der Waals surface area contributed by atoms with Crippen molar-refractivity contribution in [3.05, 3.63) is 30.3 Å². The highest BCUT2D eigenvalue weighted by Crippen LogP contribution is 2.75. The van der Waals surface area contributed by atoms with E-state index in [0.29, 0.717) is 0 Å². The SMILES string of the molecule is CS[P+](C)(c1ccccc1)C1S[C@H](C)C[C@H](C)S1. The van der Waals surface area contributed by atoms with Crippen LogP contribution in [-0.2, 0) is 0 Å². The van der Waals surface area contributed by atoms with Crippen LogP contribution in [0.1, 0.15) is 20.3 Å². The van der Waals surface area contributed by atoms with Crippen LogP contribution >= 0.6 is 41.4 Å². The quantitative estimate of drug-likeness (QED) is 0.706. The van der Waals surface area contributed by atoms with Crippen molar-refractivity contribution < 1.29 is 0 Å². The molecule has 2 unspecified atom stereocenters. The van der Waals surface area contributed by atoms with Crippen LogP contribution in [0.5, 0.6) is 0 Å². The van der Waals surface area contributed by atoms with Gasteiger partial charge in [0.25, 0.3) is 0 Å². The standard InChI is InChI=1S/C14H22PS3/c1-11-10-12(2)18-14(17-11)15(3,16-4)13-8-6-5-7-9-13/h5-9,11-12,14H,10H2,1-4H3/q+1/t11-,12+,14?,15?. The first-order valence-corrected chi connectivity index (χ1v) is 12.4. The van der Waals surface area contributed by atoms with Crippen LogP contribution in [0.2, 0.25) is 0 Å². The maximum atomic E-state index is 2.52. The Bertz CT molecular complexity index is 374. The number of thioether (sulfide) groups is 2. The predicted octanol–water partition coefficient (Wildman–Crippen LogP) is 5.17. The van der Waals surface area contributed by atoms with Gasteiger partial charge in [-0.1, -0.05) is 32.0 Å². The molecule has 0 saturated carbocycles. The van der Waals surface area contributed by atoms with Crippen molar-refractivity contribution in [2.45, 2.75) is 35.1 Å². The van der Waals surface area contributed by atoms with Crippen molar-refractivity contribution in [2.24, 2.45) is 0 Å². The fourth-order valence-corrected chi connectivity index (χ4v) is 14.6. The summed E-state index contributed by atoms with van der Waals surface area (Å²) >= 11 is 6.52. The monoisotopic (exact) mass is 317 g/mol. The molecule has 0 aliphatic carbocycles. The lowest BCUT2D eigenvalue weighted by atomic mass is 10.3. The number of benzene rings is 1. The Hall–Kier alpha value is 0.700. The molecule has 1 saturated heterocycles. The summed E-state index contributed by atoms with van der Waals surface area (Å²) in [5.74, 6) is 0. The van der Waals surface area contributed by atoms with Gasteiger partial charge >= 0.3 is 0 Å². The zero-order valence-corrected chi connectivity index (χ0v) is 14.8. The Kier molecular flexibility index (Phi) is 5.40. The average molecular weight is 318 g/mol. The maximum Gasteiger partial charge on any atom is 0.175 e. The summed E-state index contributed by atoms with van der Waals surface area (Å²) in [6, 6.07) is 11.2. The summed E-state index contributed by atoms with van der Waals surface area (Å²) in [5, 5.41) is 3.19. The van der Waals surface area contributed by atoms with Crippen LogP contribution in [0.4, 0.5) is 0 Å². The average Bonchev–Trinajstić information content (AvgIpc) is 2.37. The van der Waals surface area contributed by atoms with Crippen LogP contribution in [-0.4, -0.2) is 27.7 Å². The number of hydrogen-bond donors (Lipinski definition) is 0. The van der Waals surface area contributed by atoms with Crippen LogP contribution in [0.3, 0.4) is 0 Å². The summed E-state index contributed by atoms with van der Waals surface area (Å²) in [7, 11) is 0. The lowest BCUT2D eigenvalue weighted by Gasteiger charge is -2.35. The molecule has 2 rings (SSSR count). The molecule has 100 valence electrons. The van der Waals surface area contributed by atoms with Gasteiger partial charge in [0.05, 0.1) is 6.66 Å². The van der Waals surface area contributed by atoms with E-state index in [9.17, 15) is 0 Å². The Morgan fingerprint density at radius 2 is 1.67 bits per heavy atom. The molecule has 4 atom stereocenters. The first-order chi connectivity index (χ1) is 8.56. The largest absolute Gasteiger partial charge is 0.175 e. The van der Waals surface area contributed by atoms with E-state index in [1.165, 1.54) is 6.42 Å². The smallest absolute Gasteiger partial charge is 0.103 e. The molecule has 0 N–H and O–H groups in total. The minimum Gasteiger partial charge on any atom is -0.103 e. The second-order valence-corrected chi connectivity index (χ2v) is 15.8. The highest BCUT2D eigenvalue weighted by atomic mass is 32.7. The minimum absolute atomic E-state index is 0.758. The molecule has 0 aromatic heterocycles. The minimum atomic E-state index is -1.11. The van der Waals surface area contributed by atoms with Crippen molar-refractivity contribution in [1.82, 2.24) is 0 Å². The van der Waals surface area contributed by atoms with Gasteiger partial charge in [0.1, 0.15) is 11.8 Å². The zero-order chi connectivity index (χ0) is 13.2. The van der Waals surface area contributed by atoms with Crippen molar-refractivity contribution in [3.8, 4) is 0 Å². The fraction of sp³-hybridized carbons (Fsp3) is 0.571. The van der Waals surface area contributed by atoms with Crippen LogP contribution in [0.15, 0.2) is 30.3 Å². The third-order valence-electron chi connectivity index (χ3n) is 3.41. The molecule has 18 heavy (non-hydrogen) atoms. The number of hydrogen-bond acceptors (Lipinski definition) is 3.